The molecule has 0 bridgehead atoms. The Hall–Kier alpha value is -2.93. The highest BCUT2D eigenvalue weighted by molar-refractivity contribution is 6.34. The van der Waals surface area contributed by atoms with Gasteiger partial charge in [0, 0.05) is 41.4 Å². The van der Waals surface area contributed by atoms with Crippen LogP contribution in [0.25, 0.3) is 0 Å². The van der Waals surface area contributed by atoms with E-state index in [2.05, 4.69) is 5.32 Å². The van der Waals surface area contributed by atoms with Crippen LogP contribution in [0.2, 0.25) is 5.02 Å². The average molecular weight is 488 g/mol. The van der Waals surface area contributed by atoms with Gasteiger partial charge in [-0.25, -0.2) is 4.39 Å². The lowest BCUT2D eigenvalue weighted by molar-refractivity contribution is 0.0955. The third-order valence-electron chi connectivity index (χ3n) is 6.08. The molecule has 182 valence electrons. The second-order valence-electron chi connectivity index (χ2n) is 10.7. The first kappa shape index (κ1) is 25.7. The Morgan fingerprint density at radius 2 is 1.65 bits per heavy atom. The molecule has 3 N–H and O–H groups in total. The minimum Gasteiger partial charge on any atom is -0.507 e. The molecule has 34 heavy (non-hydrogen) atoms. The number of amides is 1. The van der Waals surface area contributed by atoms with Crippen LogP contribution in [0.3, 0.4) is 0 Å². The summed E-state index contributed by atoms with van der Waals surface area (Å²) in [7, 11) is 1.41. The van der Waals surface area contributed by atoms with E-state index in [4.69, 9.17) is 17.0 Å². The molecule has 0 aromatic heterocycles. The van der Waals surface area contributed by atoms with Gasteiger partial charge in [0.2, 0.25) is 0 Å². The Labute approximate surface area is 204 Å². The molecule has 0 saturated carbocycles. The van der Waals surface area contributed by atoms with Crippen LogP contribution in [0.5, 0.6) is 5.75 Å². The number of phenols is 1. The van der Waals surface area contributed by atoms with Crippen LogP contribution < -0.4 is 5.32 Å². The number of hydrogen-bond acceptors (Lipinski definition) is 4. The van der Waals surface area contributed by atoms with Gasteiger partial charge in [0.15, 0.2) is 5.78 Å². The van der Waals surface area contributed by atoms with Gasteiger partial charge in [-0.1, -0.05) is 53.1 Å². The number of carbonyl (C=O) groups excluding carboxylic acids is 2. The number of rotatable bonds is 4. The molecule has 1 amide bonds. The fourth-order valence-electron chi connectivity index (χ4n) is 4.11. The largest absolute Gasteiger partial charge is 0.507 e. The second-order valence-corrected chi connectivity index (χ2v) is 11.1. The molecule has 8 heteroatoms. The number of amidine groups is 1. The van der Waals surface area contributed by atoms with E-state index in [1.54, 1.807) is 12.1 Å². The summed E-state index contributed by atoms with van der Waals surface area (Å²) in [6, 6.07) is 4.78. The zero-order valence-corrected chi connectivity index (χ0v) is 21.4. The highest BCUT2D eigenvalue weighted by atomic mass is 35.5. The number of nitrogens with one attached hydrogen (secondary N) is 2. The minimum absolute atomic E-state index is 0.00414. The molecule has 2 aromatic rings. The lowest BCUT2D eigenvalue weighted by Crippen LogP contribution is -2.31. The molecule has 0 fully saturated rings. The summed E-state index contributed by atoms with van der Waals surface area (Å²) in [5.41, 5.74) is 1.33. The molecule has 1 aliphatic heterocycles. The van der Waals surface area contributed by atoms with E-state index < -0.39 is 22.6 Å². The molecule has 2 aromatic carbocycles. The maximum atomic E-state index is 14.9. The number of fused-ring (bicyclic) bond motifs is 1. The smallest absolute Gasteiger partial charge is 0.252 e. The van der Waals surface area contributed by atoms with E-state index in [0.717, 1.165) is 0 Å². The minimum atomic E-state index is -0.757. The lowest BCUT2D eigenvalue weighted by Gasteiger charge is -2.28. The van der Waals surface area contributed by atoms with E-state index in [-0.39, 0.29) is 52.2 Å². The van der Waals surface area contributed by atoms with Crippen LogP contribution in [0, 0.1) is 11.2 Å². The van der Waals surface area contributed by atoms with E-state index in [0.29, 0.717) is 16.7 Å². The molecule has 0 saturated heterocycles. The van der Waals surface area contributed by atoms with Crippen molar-refractivity contribution in [1.29, 1.82) is 5.41 Å². The van der Waals surface area contributed by atoms with Crippen molar-refractivity contribution < 1.29 is 19.1 Å². The Morgan fingerprint density at radius 1 is 1.12 bits per heavy atom. The Balaban J connectivity index is 1.98. The van der Waals surface area contributed by atoms with E-state index in [1.807, 2.05) is 41.5 Å². The summed E-state index contributed by atoms with van der Waals surface area (Å²) in [6.07, 6.45) is 0. The number of Topliss-reactive ketones (excluding diaryl/α,β-unsaturated/α-hetero) is 1. The van der Waals surface area contributed by atoms with Crippen molar-refractivity contribution in [3.05, 3.63) is 62.4 Å². The number of nitrogens with zero attached hydrogens (tertiary/aromatic N) is 1. The Kier molecular flexibility index (Phi) is 6.57. The summed E-state index contributed by atoms with van der Waals surface area (Å²) in [5.74, 6) is -1.44. The first-order valence-corrected chi connectivity index (χ1v) is 11.4. The summed E-state index contributed by atoms with van der Waals surface area (Å²) in [4.78, 5) is 26.9. The third-order valence-corrected chi connectivity index (χ3v) is 6.45. The first-order valence-electron chi connectivity index (χ1n) is 11.1. The van der Waals surface area contributed by atoms with Gasteiger partial charge in [-0.05, 0) is 29.0 Å². The first-order chi connectivity index (χ1) is 15.6. The number of halogens is 2. The van der Waals surface area contributed by atoms with E-state index >= 15 is 0 Å². The van der Waals surface area contributed by atoms with Crippen LogP contribution in [-0.4, -0.2) is 41.1 Å². The molecule has 0 radical (unpaired) electrons. The lowest BCUT2D eigenvalue weighted by atomic mass is 9.78. The molecule has 0 unspecified atom stereocenters. The summed E-state index contributed by atoms with van der Waals surface area (Å²) in [6.45, 7) is 11.6. The van der Waals surface area contributed by atoms with Gasteiger partial charge >= 0.3 is 0 Å². The monoisotopic (exact) mass is 487 g/mol. The Morgan fingerprint density at radius 3 is 2.12 bits per heavy atom. The van der Waals surface area contributed by atoms with Crippen LogP contribution in [0.1, 0.15) is 84.5 Å². The number of benzene rings is 2. The fraction of sp³-hybridized carbons (Fsp3) is 0.423. The highest BCUT2D eigenvalue weighted by Crippen LogP contribution is 2.40. The van der Waals surface area contributed by atoms with Gasteiger partial charge in [-0.15, -0.1) is 0 Å². The number of aromatic hydroxyl groups is 1. The van der Waals surface area contributed by atoms with Gasteiger partial charge < -0.3 is 15.3 Å². The van der Waals surface area contributed by atoms with E-state index in [1.165, 1.54) is 18.0 Å². The van der Waals surface area contributed by atoms with Crippen molar-refractivity contribution in [2.24, 2.45) is 0 Å². The van der Waals surface area contributed by atoms with Gasteiger partial charge in [0.25, 0.3) is 5.91 Å². The zero-order chi connectivity index (χ0) is 25.7. The maximum Gasteiger partial charge on any atom is 0.252 e. The topological polar surface area (TPSA) is 93.5 Å². The van der Waals surface area contributed by atoms with Crippen LogP contribution >= 0.6 is 11.6 Å². The van der Waals surface area contributed by atoms with Crippen molar-refractivity contribution in [2.45, 2.75) is 58.9 Å². The molecular formula is C26H31ClFN3O3. The van der Waals surface area contributed by atoms with Crippen molar-refractivity contribution in [3.63, 3.8) is 0 Å². The van der Waals surface area contributed by atoms with Crippen molar-refractivity contribution in [3.8, 4) is 5.75 Å². The number of ketones is 1. The average Bonchev–Trinajstić information content (AvgIpc) is 3.04. The molecule has 1 heterocycles. The van der Waals surface area contributed by atoms with Crippen LogP contribution in [0.15, 0.2) is 18.2 Å². The molecule has 6 nitrogen and oxygen atoms in total. The number of carbonyl (C=O) groups is 2. The normalized spacial score (nSPS) is 13.8. The predicted molar refractivity (Wildman–Crippen MR) is 132 cm³/mol. The third kappa shape index (κ3) is 4.53. The highest BCUT2D eigenvalue weighted by Gasteiger charge is 2.33. The Bertz CT molecular complexity index is 1170. The molecule has 0 spiro atoms. The maximum absolute atomic E-state index is 14.9. The number of hydrogen-bond donors (Lipinski definition) is 3. The predicted octanol–water partition coefficient (Wildman–Crippen LogP) is 5.16. The van der Waals surface area contributed by atoms with E-state index in [9.17, 15) is 19.1 Å². The number of phenolic OH excluding ortho intramolecular Hbond substituents is 1. The molecule has 0 aliphatic carbocycles. The SMILES string of the molecule is CNC(=O)c1cc2c(c(F)c1Cl)CN(CC(=O)c1cc(C(C)(C)C)c(O)c(C(C)(C)C)c1)C2=N. The van der Waals surface area contributed by atoms with Crippen molar-refractivity contribution in [2.75, 3.05) is 13.6 Å². The summed E-state index contributed by atoms with van der Waals surface area (Å²) >= 11 is 6.07. The quantitative estimate of drug-likeness (QED) is 0.519. The summed E-state index contributed by atoms with van der Waals surface area (Å²) < 4.78 is 14.9. The molecule has 3 rings (SSSR count). The standard InChI is InChI=1S/C26H31ClFN3O3/c1-25(2,3)17-8-13(9-18(22(17)33)26(4,5)6)19(32)12-31-11-16-14(23(31)29)10-15(24(34)30-7)20(27)21(16)28/h8-10,29,33H,11-12H2,1-7H3,(H,30,34). The van der Waals surface area contributed by atoms with Gasteiger partial charge in [0.05, 0.1) is 17.1 Å². The molecular weight excluding hydrogens is 457 g/mol. The van der Waals surface area contributed by atoms with Crippen LogP contribution in [-0.2, 0) is 17.4 Å². The summed E-state index contributed by atoms with van der Waals surface area (Å²) in [5, 5.41) is 21.5. The van der Waals surface area contributed by atoms with Gasteiger partial charge in [-0.3, -0.25) is 15.0 Å². The van der Waals surface area contributed by atoms with Gasteiger partial charge in [-0.2, -0.15) is 0 Å². The van der Waals surface area contributed by atoms with Gasteiger partial charge in [0.1, 0.15) is 17.4 Å². The van der Waals surface area contributed by atoms with Crippen molar-refractivity contribution >= 4 is 29.1 Å². The fourth-order valence-corrected chi connectivity index (χ4v) is 4.36. The molecule has 1 aliphatic rings. The molecule has 0 atom stereocenters. The second kappa shape index (κ2) is 8.69. The zero-order valence-electron chi connectivity index (χ0n) is 20.6. The van der Waals surface area contributed by atoms with Crippen LogP contribution in [0.4, 0.5) is 4.39 Å². The van der Waals surface area contributed by atoms with Crippen molar-refractivity contribution in [1.82, 2.24) is 10.2 Å².